The second-order valence-corrected chi connectivity index (χ2v) is 16.0. The number of carbonyl (C=O) groups is 2. The van der Waals surface area contributed by atoms with Crippen molar-refractivity contribution in [2.75, 3.05) is 0 Å². The molecule has 0 amide bonds. The van der Waals surface area contributed by atoms with Crippen LogP contribution in [0.2, 0.25) is 0 Å². The van der Waals surface area contributed by atoms with E-state index in [0.717, 1.165) is 77.1 Å². The molecule has 62 heavy (non-hydrogen) atoms. The fourth-order valence-electron chi connectivity index (χ4n) is 10.1. The monoisotopic (exact) mass is 794 g/mol. The molecule has 0 bridgehead atoms. The van der Waals surface area contributed by atoms with Crippen LogP contribution in [0.4, 0.5) is 0 Å². The van der Waals surface area contributed by atoms with E-state index in [2.05, 4.69) is 155 Å². The predicted molar refractivity (Wildman–Crippen MR) is 253 cm³/mol. The molecule has 0 fully saturated rings. The Morgan fingerprint density at radius 2 is 0.516 bits per heavy atom. The highest BCUT2D eigenvalue weighted by Crippen LogP contribution is 2.38. The number of rotatable bonds is 4. The summed E-state index contributed by atoms with van der Waals surface area (Å²) in [5.74, 6) is -0.316. The third-order valence-electron chi connectivity index (χ3n) is 12.8. The van der Waals surface area contributed by atoms with Gasteiger partial charge in [-0.25, -0.2) is 0 Å². The number of benzene rings is 9. The molecular weight excluding hydrogens is 761 g/mol. The van der Waals surface area contributed by atoms with E-state index >= 15 is 0 Å². The van der Waals surface area contributed by atoms with Gasteiger partial charge in [0.15, 0.2) is 0 Å². The second kappa shape index (κ2) is 13.0. The number of fused-ring (bicyclic) bond motifs is 12. The van der Waals surface area contributed by atoms with Crippen molar-refractivity contribution >= 4 is 99.0 Å². The minimum atomic E-state index is -0.158. The minimum Gasteiger partial charge on any atom is -0.309 e. The highest BCUT2D eigenvalue weighted by atomic mass is 16.2. The Morgan fingerprint density at radius 1 is 0.258 bits per heavy atom. The summed E-state index contributed by atoms with van der Waals surface area (Å²) in [6.07, 6.45) is 0. The zero-order valence-corrected chi connectivity index (χ0v) is 33.2. The van der Waals surface area contributed by atoms with Crippen molar-refractivity contribution in [1.82, 2.24) is 18.3 Å². The first kappa shape index (κ1) is 34.4. The summed E-state index contributed by atoms with van der Waals surface area (Å²) in [5.41, 5.74) is 10.9. The fourth-order valence-corrected chi connectivity index (χ4v) is 10.1. The lowest BCUT2D eigenvalue weighted by Gasteiger charge is -2.11. The normalized spacial score (nSPS) is 12.0. The highest BCUT2D eigenvalue weighted by molar-refractivity contribution is 6.19. The van der Waals surface area contributed by atoms with Gasteiger partial charge in [-0.05, 0) is 97.1 Å². The fraction of sp³-hybridized carbons (Fsp3) is 0. The summed E-state index contributed by atoms with van der Waals surface area (Å²) in [6, 6.07) is 69.9. The van der Waals surface area contributed by atoms with Crippen molar-refractivity contribution in [3.05, 3.63) is 217 Å². The molecule has 6 heteroatoms. The molecule has 0 saturated heterocycles. The van der Waals surface area contributed by atoms with Crippen molar-refractivity contribution in [2.45, 2.75) is 0 Å². The van der Waals surface area contributed by atoms with Crippen LogP contribution in [0.5, 0.6) is 0 Å². The van der Waals surface area contributed by atoms with Gasteiger partial charge in [0, 0.05) is 65.6 Å². The lowest BCUT2D eigenvalue weighted by molar-refractivity contribution is 0.0957. The Balaban J connectivity index is 0.889. The Labute approximate surface area is 354 Å². The molecule has 0 spiro atoms. The Kier molecular flexibility index (Phi) is 7.22. The first-order valence-electron chi connectivity index (χ1n) is 20.9. The molecule has 0 aliphatic rings. The van der Waals surface area contributed by atoms with Gasteiger partial charge < -0.3 is 9.13 Å². The molecule has 0 aliphatic heterocycles. The van der Waals surface area contributed by atoms with Crippen molar-refractivity contribution in [1.29, 1.82) is 0 Å². The summed E-state index contributed by atoms with van der Waals surface area (Å²) in [4.78, 5) is 29.2. The lowest BCUT2D eigenvalue weighted by Crippen LogP contribution is -2.14. The van der Waals surface area contributed by atoms with E-state index in [-0.39, 0.29) is 11.8 Å². The van der Waals surface area contributed by atoms with Gasteiger partial charge >= 0.3 is 0 Å². The zero-order valence-electron chi connectivity index (χ0n) is 33.2. The third kappa shape index (κ3) is 4.80. The number of hydrogen-bond donors (Lipinski definition) is 0. The van der Waals surface area contributed by atoms with Gasteiger partial charge in [-0.2, -0.15) is 0 Å². The molecule has 13 aromatic rings. The molecular formula is C56H34N4O2. The number of carbonyl (C=O) groups excluding carboxylic acids is 2. The minimum absolute atomic E-state index is 0.158. The van der Waals surface area contributed by atoms with Crippen molar-refractivity contribution in [3.63, 3.8) is 0 Å². The van der Waals surface area contributed by atoms with E-state index in [0.29, 0.717) is 11.1 Å². The average Bonchev–Trinajstić information content (AvgIpc) is 4.06. The van der Waals surface area contributed by atoms with Crippen molar-refractivity contribution in [3.8, 4) is 11.4 Å². The van der Waals surface area contributed by atoms with E-state index in [1.54, 1.807) is 33.4 Å². The van der Waals surface area contributed by atoms with Crippen molar-refractivity contribution < 1.29 is 9.59 Å². The van der Waals surface area contributed by atoms with Crippen LogP contribution in [0.15, 0.2) is 206 Å². The zero-order chi connectivity index (χ0) is 41.1. The summed E-state index contributed by atoms with van der Waals surface area (Å²) >= 11 is 0. The summed E-state index contributed by atoms with van der Waals surface area (Å²) < 4.78 is 8.21. The molecule has 0 unspecified atom stereocenters. The van der Waals surface area contributed by atoms with Gasteiger partial charge in [-0.3, -0.25) is 18.7 Å². The quantitative estimate of drug-likeness (QED) is 0.178. The Hall–Kier alpha value is -8.48. The van der Waals surface area contributed by atoms with Crippen molar-refractivity contribution in [2.24, 2.45) is 0 Å². The van der Waals surface area contributed by atoms with E-state index in [4.69, 9.17) is 0 Å². The third-order valence-corrected chi connectivity index (χ3v) is 12.8. The number of hydrogen-bond acceptors (Lipinski definition) is 2. The first-order valence-corrected chi connectivity index (χ1v) is 20.9. The molecule has 290 valence electrons. The second-order valence-electron chi connectivity index (χ2n) is 16.0. The topological polar surface area (TPSA) is 53.9 Å². The van der Waals surface area contributed by atoms with Crippen LogP contribution in [0.3, 0.4) is 0 Å². The first-order chi connectivity index (χ1) is 30.6. The molecule has 0 saturated carbocycles. The van der Waals surface area contributed by atoms with Crippen LogP contribution in [0.25, 0.3) is 98.6 Å². The predicted octanol–water partition coefficient (Wildman–Crippen LogP) is 13.5. The van der Waals surface area contributed by atoms with Crippen LogP contribution in [0, 0.1) is 0 Å². The molecule has 4 heterocycles. The van der Waals surface area contributed by atoms with Gasteiger partial charge in [-0.15, -0.1) is 0 Å². The Bertz CT molecular complexity index is 3660. The largest absolute Gasteiger partial charge is 0.309 e. The van der Waals surface area contributed by atoms with Crippen LogP contribution in [-0.4, -0.2) is 30.1 Å². The SMILES string of the molecule is O=C(c1ccc(C(=O)n2c3ccccc3c3cc(-n4c5ccccc5c5ccccc54)ccc32)cc1)n1c2ccccc2c2cc(-n3c4ccccc4c4ccccc43)ccc21. The molecule has 0 atom stereocenters. The molecule has 0 N–H and O–H groups in total. The van der Waals surface area contributed by atoms with Gasteiger partial charge in [-0.1, -0.05) is 109 Å². The molecule has 0 radical (unpaired) electrons. The summed E-state index contributed by atoms with van der Waals surface area (Å²) in [5, 5.41) is 8.78. The van der Waals surface area contributed by atoms with E-state index in [9.17, 15) is 9.59 Å². The van der Waals surface area contributed by atoms with Gasteiger partial charge in [0.25, 0.3) is 11.8 Å². The van der Waals surface area contributed by atoms with E-state index < -0.39 is 0 Å². The van der Waals surface area contributed by atoms with E-state index in [1.165, 1.54) is 21.5 Å². The van der Waals surface area contributed by atoms with Crippen LogP contribution in [0.1, 0.15) is 20.7 Å². The summed E-state index contributed by atoms with van der Waals surface area (Å²) in [7, 11) is 0. The molecule has 6 nitrogen and oxygen atoms in total. The maximum absolute atomic E-state index is 14.6. The van der Waals surface area contributed by atoms with Crippen LogP contribution in [-0.2, 0) is 0 Å². The lowest BCUT2D eigenvalue weighted by atomic mass is 10.1. The smallest absolute Gasteiger partial charge is 0.262 e. The number of aromatic nitrogens is 4. The van der Waals surface area contributed by atoms with Gasteiger partial charge in [0.2, 0.25) is 0 Å². The maximum atomic E-state index is 14.6. The summed E-state index contributed by atoms with van der Waals surface area (Å²) in [6.45, 7) is 0. The van der Waals surface area contributed by atoms with Gasteiger partial charge in [0.05, 0.1) is 44.1 Å². The van der Waals surface area contributed by atoms with E-state index in [1.807, 2.05) is 36.4 Å². The number of nitrogens with zero attached hydrogens (tertiary/aromatic N) is 4. The Morgan fingerprint density at radius 3 is 0.839 bits per heavy atom. The van der Waals surface area contributed by atoms with Gasteiger partial charge in [0.1, 0.15) is 0 Å². The van der Waals surface area contributed by atoms with Crippen LogP contribution < -0.4 is 0 Å². The number of para-hydroxylation sites is 6. The van der Waals surface area contributed by atoms with Crippen LogP contribution >= 0.6 is 0 Å². The molecule has 13 rings (SSSR count). The highest BCUT2D eigenvalue weighted by Gasteiger charge is 2.22. The maximum Gasteiger partial charge on any atom is 0.262 e. The molecule has 0 aliphatic carbocycles. The molecule has 4 aromatic heterocycles. The molecule has 9 aromatic carbocycles. The average molecular weight is 795 g/mol. The standard InChI is InChI=1S/C56H34N4O2/c61-55(59-51-23-11-5-17-43(51)45-33-37(29-31-53(45)59)57-47-19-7-1-13-39(47)40-14-2-8-20-48(40)57)35-25-27-36(28-26-35)56(62)60-52-24-12-6-18-44(52)46-34-38(30-32-54(46)60)58-49-21-9-3-15-41(49)42-16-4-10-22-50(42)58/h1-34H.